The number of halogens is 1. The van der Waals surface area contributed by atoms with Gasteiger partial charge in [-0.1, -0.05) is 58.4 Å². The number of hydrogen-bond donors (Lipinski definition) is 1. The lowest BCUT2D eigenvalue weighted by atomic mass is 10.0. The zero-order chi connectivity index (χ0) is 19.9. The standard InChI is InChI=1S/C23H16BrNO3/c24-21-10-11-22(28-15-16-4-2-1-3-5-16)19(13-21)12-20(14-25)17-6-8-18(9-7-17)23(26)27/h1-13H,15H2,(H,26,27)/b20-12-. The Kier molecular flexibility index (Phi) is 6.25. The van der Waals surface area contributed by atoms with Gasteiger partial charge in [-0.3, -0.25) is 0 Å². The normalized spacial score (nSPS) is 10.9. The molecule has 0 radical (unpaired) electrons. The summed E-state index contributed by atoms with van der Waals surface area (Å²) in [4.78, 5) is 11.0. The molecule has 0 unspecified atom stereocenters. The van der Waals surface area contributed by atoms with E-state index in [1.165, 1.54) is 12.1 Å². The monoisotopic (exact) mass is 433 g/mol. The van der Waals surface area contributed by atoms with Gasteiger partial charge in [0.25, 0.3) is 0 Å². The molecule has 0 aromatic heterocycles. The number of aromatic carboxylic acids is 1. The molecule has 0 amide bonds. The first kappa shape index (κ1) is 19.4. The summed E-state index contributed by atoms with van der Waals surface area (Å²) in [7, 11) is 0. The zero-order valence-corrected chi connectivity index (χ0v) is 16.4. The Morgan fingerprint density at radius 2 is 1.71 bits per heavy atom. The number of hydrogen-bond acceptors (Lipinski definition) is 3. The summed E-state index contributed by atoms with van der Waals surface area (Å²) in [5.74, 6) is -0.348. The molecule has 0 saturated carbocycles. The second kappa shape index (κ2) is 9.03. The minimum absolute atomic E-state index is 0.176. The van der Waals surface area contributed by atoms with Crippen LogP contribution in [0.1, 0.15) is 27.0 Å². The number of carboxylic acids is 1. The maximum absolute atomic E-state index is 11.0. The number of allylic oxidation sites excluding steroid dienone is 1. The molecule has 0 saturated heterocycles. The summed E-state index contributed by atoms with van der Waals surface area (Å²) >= 11 is 3.45. The van der Waals surface area contributed by atoms with Gasteiger partial charge in [0, 0.05) is 10.0 Å². The molecule has 5 heteroatoms. The van der Waals surface area contributed by atoms with Gasteiger partial charge in [0.1, 0.15) is 12.4 Å². The number of nitriles is 1. The molecule has 3 aromatic carbocycles. The van der Waals surface area contributed by atoms with Gasteiger partial charge >= 0.3 is 5.97 Å². The highest BCUT2D eigenvalue weighted by Crippen LogP contribution is 2.28. The van der Waals surface area contributed by atoms with Crippen molar-refractivity contribution in [1.82, 2.24) is 0 Å². The van der Waals surface area contributed by atoms with E-state index in [-0.39, 0.29) is 5.56 Å². The second-order valence-electron chi connectivity index (χ2n) is 6.01. The van der Waals surface area contributed by atoms with Gasteiger partial charge in [-0.2, -0.15) is 5.26 Å². The molecular weight excluding hydrogens is 418 g/mol. The maximum Gasteiger partial charge on any atom is 0.335 e. The van der Waals surface area contributed by atoms with Crippen molar-refractivity contribution in [2.75, 3.05) is 0 Å². The zero-order valence-electron chi connectivity index (χ0n) is 14.8. The quantitative estimate of drug-likeness (QED) is 0.394. The van der Waals surface area contributed by atoms with Crippen molar-refractivity contribution in [3.05, 3.63) is 99.5 Å². The first-order valence-electron chi connectivity index (χ1n) is 8.48. The fraction of sp³-hybridized carbons (Fsp3) is 0.0435. The number of nitrogens with zero attached hydrogens (tertiary/aromatic N) is 1. The van der Waals surface area contributed by atoms with Gasteiger partial charge in [-0.25, -0.2) is 4.79 Å². The molecule has 0 fully saturated rings. The second-order valence-corrected chi connectivity index (χ2v) is 6.92. The van der Waals surface area contributed by atoms with Crippen molar-refractivity contribution < 1.29 is 14.6 Å². The van der Waals surface area contributed by atoms with Gasteiger partial charge in [-0.05, 0) is 47.5 Å². The molecule has 138 valence electrons. The summed E-state index contributed by atoms with van der Waals surface area (Å²) in [6.07, 6.45) is 1.74. The third kappa shape index (κ3) is 4.87. The van der Waals surface area contributed by atoms with Gasteiger partial charge in [-0.15, -0.1) is 0 Å². The lowest BCUT2D eigenvalue weighted by Crippen LogP contribution is -1.97. The van der Waals surface area contributed by atoms with Crippen LogP contribution in [0.25, 0.3) is 11.6 Å². The van der Waals surface area contributed by atoms with Crippen molar-refractivity contribution >= 4 is 33.5 Å². The van der Waals surface area contributed by atoms with Crippen molar-refractivity contribution in [2.24, 2.45) is 0 Å². The van der Waals surface area contributed by atoms with Crippen LogP contribution in [-0.4, -0.2) is 11.1 Å². The van der Waals surface area contributed by atoms with Crippen LogP contribution in [0.4, 0.5) is 0 Å². The predicted molar refractivity (Wildman–Crippen MR) is 112 cm³/mol. The average molecular weight is 434 g/mol. The van der Waals surface area contributed by atoms with Crippen LogP contribution in [0.5, 0.6) is 5.75 Å². The smallest absolute Gasteiger partial charge is 0.335 e. The van der Waals surface area contributed by atoms with Crippen molar-refractivity contribution in [3.8, 4) is 11.8 Å². The number of rotatable bonds is 6. The van der Waals surface area contributed by atoms with Crippen LogP contribution in [0.3, 0.4) is 0 Å². The number of ether oxygens (including phenoxy) is 1. The largest absolute Gasteiger partial charge is 0.488 e. The van der Waals surface area contributed by atoms with E-state index in [9.17, 15) is 10.1 Å². The Labute approximate surface area is 171 Å². The van der Waals surface area contributed by atoms with Gasteiger partial charge < -0.3 is 9.84 Å². The van der Waals surface area contributed by atoms with Crippen LogP contribution in [0.2, 0.25) is 0 Å². The third-order valence-corrected chi connectivity index (χ3v) is 4.57. The Morgan fingerprint density at radius 3 is 2.36 bits per heavy atom. The molecule has 0 spiro atoms. The fourth-order valence-corrected chi connectivity index (χ4v) is 3.01. The average Bonchev–Trinajstić information content (AvgIpc) is 2.72. The molecule has 0 aliphatic carbocycles. The minimum Gasteiger partial charge on any atom is -0.488 e. The first-order valence-corrected chi connectivity index (χ1v) is 9.28. The lowest BCUT2D eigenvalue weighted by molar-refractivity contribution is 0.0697. The highest BCUT2D eigenvalue weighted by atomic mass is 79.9. The Hall–Kier alpha value is -3.36. The van der Waals surface area contributed by atoms with Gasteiger partial charge in [0.2, 0.25) is 0 Å². The van der Waals surface area contributed by atoms with Crippen molar-refractivity contribution in [3.63, 3.8) is 0 Å². The van der Waals surface area contributed by atoms with Gasteiger partial charge in [0.15, 0.2) is 0 Å². The molecule has 0 bridgehead atoms. The summed E-state index contributed by atoms with van der Waals surface area (Å²) < 4.78 is 6.82. The Balaban J connectivity index is 1.91. The van der Waals surface area contributed by atoms with Crippen LogP contribution in [0.15, 0.2) is 77.3 Å². The van der Waals surface area contributed by atoms with E-state index < -0.39 is 5.97 Å². The summed E-state index contributed by atoms with van der Waals surface area (Å²) in [6.45, 7) is 0.415. The van der Waals surface area contributed by atoms with Crippen LogP contribution in [0, 0.1) is 11.3 Å². The maximum atomic E-state index is 11.0. The molecule has 3 rings (SSSR count). The molecule has 0 aliphatic heterocycles. The number of benzene rings is 3. The third-order valence-electron chi connectivity index (χ3n) is 4.07. The van der Waals surface area contributed by atoms with Crippen LogP contribution >= 0.6 is 15.9 Å². The summed E-state index contributed by atoms with van der Waals surface area (Å²) in [6, 6.07) is 23.8. The molecule has 4 nitrogen and oxygen atoms in total. The number of carboxylic acid groups (broad SMARTS) is 1. The molecule has 0 aliphatic rings. The molecule has 1 N–H and O–H groups in total. The minimum atomic E-state index is -1.00. The highest BCUT2D eigenvalue weighted by Gasteiger charge is 2.08. The highest BCUT2D eigenvalue weighted by molar-refractivity contribution is 9.10. The van der Waals surface area contributed by atoms with Crippen molar-refractivity contribution in [1.29, 1.82) is 5.26 Å². The lowest BCUT2D eigenvalue weighted by Gasteiger charge is -2.11. The molecule has 3 aromatic rings. The van der Waals surface area contributed by atoms with Crippen LogP contribution in [-0.2, 0) is 6.61 Å². The van der Waals surface area contributed by atoms with E-state index in [1.807, 2.05) is 48.5 Å². The van der Waals surface area contributed by atoms with E-state index in [4.69, 9.17) is 9.84 Å². The fourth-order valence-electron chi connectivity index (χ4n) is 2.63. The molecular formula is C23H16BrNO3. The van der Waals surface area contributed by atoms with Gasteiger partial charge in [0.05, 0.1) is 17.2 Å². The topological polar surface area (TPSA) is 70.3 Å². The SMILES string of the molecule is N#C/C(=C/c1cc(Br)ccc1OCc1ccccc1)c1ccc(C(=O)O)cc1. The summed E-state index contributed by atoms with van der Waals surface area (Å²) in [5.41, 5.74) is 3.03. The van der Waals surface area contributed by atoms with E-state index in [1.54, 1.807) is 18.2 Å². The van der Waals surface area contributed by atoms with E-state index in [2.05, 4.69) is 22.0 Å². The first-order chi connectivity index (χ1) is 13.6. The predicted octanol–water partition coefficient (Wildman–Crippen LogP) is 5.79. The van der Waals surface area contributed by atoms with Crippen molar-refractivity contribution in [2.45, 2.75) is 6.61 Å². The number of carbonyl (C=O) groups is 1. The summed E-state index contributed by atoms with van der Waals surface area (Å²) in [5, 5.41) is 18.6. The molecule has 0 atom stereocenters. The van der Waals surface area contributed by atoms with E-state index in [0.717, 1.165) is 15.6 Å². The van der Waals surface area contributed by atoms with E-state index in [0.29, 0.717) is 23.5 Å². The Bertz CT molecular complexity index is 1050. The molecule has 28 heavy (non-hydrogen) atoms. The molecule has 0 heterocycles. The van der Waals surface area contributed by atoms with E-state index >= 15 is 0 Å². The Morgan fingerprint density at radius 1 is 1.04 bits per heavy atom. The van der Waals surface area contributed by atoms with Crippen LogP contribution < -0.4 is 4.74 Å².